The molecule has 0 N–H and O–H groups in total. The van der Waals surface area contributed by atoms with E-state index in [9.17, 15) is 14.7 Å². The van der Waals surface area contributed by atoms with Crippen molar-refractivity contribution in [1.29, 1.82) is 0 Å². The Morgan fingerprint density at radius 1 is 1.31 bits per heavy atom. The molecule has 0 aliphatic heterocycles. The molecule has 0 heterocycles. The van der Waals surface area contributed by atoms with Crippen LogP contribution in [0.3, 0.4) is 0 Å². The number of allylic oxidation sites excluding steroid dienone is 2. The molecule has 13 heavy (non-hydrogen) atoms. The van der Waals surface area contributed by atoms with Crippen molar-refractivity contribution < 1.29 is 14.7 Å². The highest BCUT2D eigenvalue weighted by Crippen LogP contribution is 2.16. The monoisotopic (exact) mass is 174 g/mol. The summed E-state index contributed by atoms with van der Waals surface area (Å²) in [4.78, 5) is 20.9. The lowest BCUT2D eigenvalue weighted by atomic mass is 10.1. The largest absolute Gasteiger partial charge is 0.289 e. The fraction of sp³-hybridized carbons (Fsp3) is 0. The van der Waals surface area contributed by atoms with Gasteiger partial charge in [-0.2, -0.15) is 0 Å². The van der Waals surface area contributed by atoms with Gasteiger partial charge < -0.3 is 0 Å². The maximum absolute atomic E-state index is 11.2. The van der Waals surface area contributed by atoms with Gasteiger partial charge in [0.2, 0.25) is 6.29 Å². The first-order valence-electron chi connectivity index (χ1n) is 3.60. The van der Waals surface area contributed by atoms with Gasteiger partial charge >= 0.3 is 0 Å². The lowest BCUT2D eigenvalue weighted by molar-refractivity contribution is 0.104. The quantitative estimate of drug-likeness (QED) is 0.517. The smallest absolute Gasteiger partial charge is 0.225 e. The molecule has 0 aliphatic carbocycles. The van der Waals surface area contributed by atoms with Crippen molar-refractivity contribution in [2.45, 2.75) is 0 Å². The third-order valence-corrected chi connectivity index (χ3v) is 1.46. The van der Waals surface area contributed by atoms with Crippen LogP contribution in [0.4, 0.5) is 0 Å². The summed E-state index contributed by atoms with van der Waals surface area (Å²) in [5, 5.41) is 11.1. The first-order chi connectivity index (χ1) is 6.25. The second-order valence-corrected chi connectivity index (χ2v) is 2.31. The number of para-hydroxylation sites is 1. The van der Waals surface area contributed by atoms with E-state index >= 15 is 0 Å². The lowest BCUT2D eigenvalue weighted by Gasteiger charge is -1.94. The molecule has 0 atom stereocenters. The van der Waals surface area contributed by atoms with E-state index in [0.29, 0.717) is 0 Å². The Bertz CT molecular complexity index is 353. The predicted molar refractivity (Wildman–Crippen MR) is 45.7 cm³/mol. The molecular weight excluding hydrogens is 168 g/mol. The van der Waals surface area contributed by atoms with Crippen molar-refractivity contribution >= 4 is 12.1 Å². The van der Waals surface area contributed by atoms with E-state index in [4.69, 9.17) is 0 Å². The van der Waals surface area contributed by atoms with Gasteiger partial charge in [-0.05, 0) is 24.3 Å². The van der Waals surface area contributed by atoms with Crippen molar-refractivity contribution in [2.75, 3.05) is 0 Å². The SMILES string of the molecule is [O]c1ccccc1C(=O)/C=C\[C]=O. The van der Waals surface area contributed by atoms with Crippen molar-refractivity contribution in [3.05, 3.63) is 42.0 Å². The molecule has 1 aromatic rings. The summed E-state index contributed by atoms with van der Waals surface area (Å²) in [7, 11) is 0. The number of hydrogen-bond donors (Lipinski definition) is 0. The minimum atomic E-state index is -0.478. The average Bonchev–Trinajstić information content (AvgIpc) is 2.15. The summed E-state index contributed by atoms with van der Waals surface area (Å²) < 4.78 is 0. The van der Waals surface area contributed by atoms with Gasteiger partial charge in [0.05, 0.1) is 5.56 Å². The van der Waals surface area contributed by atoms with Crippen LogP contribution in [0, 0.1) is 0 Å². The van der Waals surface area contributed by atoms with E-state index in [-0.39, 0.29) is 11.3 Å². The number of ketones is 1. The first kappa shape index (κ1) is 9.19. The Morgan fingerprint density at radius 2 is 2.00 bits per heavy atom. The molecule has 0 amide bonds. The highest BCUT2D eigenvalue weighted by atomic mass is 16.3. The van der Waals surface area contributed by atoms with Crippen molar-refractivity contribution in [2.24, 2.45) is 0 Å². The molecule has 0 saturated heterocycles. The zero-order valence-electron chi connectivity index (χ0n) is 6.69. The molecule has 0 bridgehead atoms. The zero-order valence-corrected chi connectivity index (χ0v) is 6.69. The summed E-state index contributed by atoms with van der Waals surface area (Å²) in [6.07, 6.45) is 3.39. The molecule has 64 valence electrons. The highest BCUT2D eigenvalue weighted by Gasteiger charge is 2.07. The summed E-state index contributed by atoms with van der Waals surface area (Å²) in [5.74, 6) is -0.822. The fourth-order valence-electron chi connectivity index (χ4n) is 0.870. The lowest BCUT2D eigenvalue weighted by Crippen LogP contribution is -1.93. The van der Waals surface area contributed by atoms with Crippen LogP contribution in [0.1, 0.15) is 10.4 Å². The van der Waals surface area contributed by atoms with Crippen molar-refractivity contribution in [3.63, 3.8) is 0 Å². The number of hydrogen-bond acceptors (Lipinski definition) is 2. The number of rotatable bonds is 3. The third kappa shape index (κ3) is 2.27. The summed E-state index contributed by atoms with van der Waals surface area (Å²) in [6.45, 7) is 0. The second kappa shape index (κ2) is 4.21. The Kier molecular flexibility index (Phi) is 2.97. The molecule has 3 nitrogen and oxygen atoms in total. The third-order valence-electron chi connectivity index (χ3n) is 1.46. The molecule has 0 aromatic heterocycles. The molecule has 0 fully saturated rings. The molecule has 0 spiro atoms. The summed E-state index contributed by atoms with van der Waals surface area (Å²) in [5.41, 5.74) is 0.0639. The molecule has 0 unspecified atom stereocenters. The van der Waals surface area contributed by atoms with E-state index in [1.54, 1.807) is 12.1 Å². The maximum atomic E-state index is 11.2. The van der Waals surface area contributed by atoms with Gasteiger partial charge in [0.25, 0.3) is 0 Å². The minimum absolute atomic E-state index is 0.0639. The maximum Gasteiger partial charge on any atom is 0.225 e. The standard InChI is InChI=1S/C10H6O3/c11-7-3-6-10(13)8-4-1-2-5-9(8)12/h1-6H/b6-3-. The van der Waals surface area contributed by atoms with Gasteiger partial charge in [0, 0.05) is 0 Å². The van der Waals surface area contributed by atoms with Crippen LogP contribution in [-0.2, 0) is 9.90 Å². The Balaban J connectivity index is 2.95. The number of benzene rings is 1. The highest BCUT2D eigenvalue weighted by molar-refractivity contribution is 6.07. The first-order valence-corrected chi connectivity index (χ1v) is 3.60. The molecule has 0 aliphatic rings. The van der Waals surface area contributed by atoms with E-state index in [2.05, 4.69) is 0 Å². The molecule has 1 aromatic carbocycles. The van der Waals surface area contributed by atoms with Gasteiger partial charge in [0.1, 0.15) is 0 Å². The van der Waals surface area contributed by atoms with E-state index in [1.165, 1.54) is 18.4 Å². The Morgan fingerprint density at radius 3 is 2.62 bits per heavy atom. The molecule has 0 saturated carbocycles. The van der Waals surface area contributed by atoms with Crippen molar-refractivity contribution in [1.82, 2.24) is 0 Å². The van der Waals surface area contributed by atoms with E-state index in [1.807, 2.05) is 0 Å². The van der Waals surface area contributed by atoms with Crippen LogP contribution in [0.5, 0.6) is 5.75 Å². The van der Waals surface area contributed by atoms with Crippen LogP contribution in [0.25, 0.3) is 0 Å². The van der Waals surface area contributed by atoms with E-state index in [0.717, 1.165) is 12.2 Å². The fourth-order valence-corrected chi connectivity index (χ4v) is 0.870. The minimum Gasteiger partial charge on any atom is -0.289 e. The van der Waals surface area contributed by atoms with Crippen LogP contribution >= 0.6 is 0 Å². The van der Waals surface area contributed by atoms with Crippen molar-refractivity contribution in [3.8, 4) is 5.75 Å². The molecule has 1 rings (SSSR count). The van der Waals surface area contributed by atoms with Crippen LogP contribution < -0.4 is 0 Å². The zero-order chi connectivity index (χ0) is 9.68. The summed E-state index contributed by atoms with van der Waals surface area (Å²) in [6, 6.07) is 5.85. The molecule has 3 heteroatoms. The molecular formula is C10H6O3. The van der Waals surface area contributed by atoms with Crippen LogP contribution in [-0.4, -0.2) is 12.1 Å². The second-order valence-electron chi connectivity index (χ2n) is 2.31. The average molecular weight is 174 g/mol. The number of carbonyl (C=O) groups excluding carboxylic acids is 2. The predicted octanol–water partition coefficient (Wildman–Crippen LogP) is 1.68. The van der Waals surface area contributed by atoms with E-state index < -0.39 is 5.78 Å². The molecule has 2 radical (unpaired) electrons. The van der Waals surface area contributed by atoms with Gasteiger partial charge in [-0.1, -0.05) is 12.1 Å². The Labute approximate surface area is 75.3 Å². The van der Waals surface area contributed by atoms with Gasteiger partial charge in [-0.25, -0.2) is 0 Å². The van der Waals surface area contributed by atoms with Gasteiger partial charge in [0.15, 0.2) is 11.5 Å². The Hall–Kier alpha value is -1.90. The van der Waals surface area contributed by atoms with Crippen LogP contribution in [0.2, 0.25) is 0 Å². The normalized spacial score (nSPS) is 10.2. The number of carbonyl (C=O) groups is 1. The summed E-state index contributed by atoms with van der Waals surface area (Å²) >= 11 is 0. The van der Waals surface area contributed by atoms with Gasteiger partial charge in [-0.3, -0.25) is 14.7 Å². The van der Waals surface area contributed by atoms with Gasteiger partial charge in [-0.15, -0.1) is 0 Å². The topological polar surface area (TPSA) is 54.0 Å². The van der Waals surface area contributed by atoms with Crippen LogP contribution in [0.15, 0.2) is 36.4 Å².